The van der Waals surface area contributed by atoms with Crippen LogP contribution in [0.1, 0.15) is 31.7 Å². The predicted molar refractivity (Wildman–Crippen MR) is 94.0 cm³/mol. The summed E-state index contributed by atoms with van der Waals surface area (Å²) < 4.78 is 5.52. The standard InChI is InChI=1S/C18H26N2O2.ClH/c1-14-7-10-19-13-16(14)20-17(21)18(8-11-22-12-9-18)15-5-3-2-4-6-15;/h2-6,14,16,19H,7-13H2,1H3,(H,20,21);1H. The molecule has 2 aliphatic rings. The molecule has 5 heteroatoms. The molecule has 2 unspecified atom stereocenters. The van der Waals surface area contributed by atoms with Gasteiger partial charge < -0.3 is 15.4 Å². The molecule has 2 fully saturated rings. The van der Waals surface area contributed by atoms with Gasteiger partial charge in [0.1, 0.15) is 0 Å². The van der Waals surface area contributed by atoms with Crippen molar-refractivity contribution in [2.45, 2.75) is 37.6 Å². The van der Waals surface area contributed by atoms with Gasteiger partial charge in [0, 0.05) is 25.8 Å². The van der Waals surface area contributed by atoms with Crippen LogP contribution in [0.15, 0.2) is 30.3 Å². The first-order valence-corrected chi connectivity index (χ1v) is 8.37. The van der Waals surface area contributed by atoms with Gasteiger partial charge in [-0.25, -0.2) is 0 Å². The monoisotopic (exact) mass is 338 g/mol. The van der Waals surface area contributed by atoms with E-state index in [-0.39, 0.29) is 24.4 Å². The van der Waals surface area contributed by atoms with E-state index in [1.54, 1.807) is 0 Å². The van der Waals surface area contributed by atoms with Crippen LogP contribution in [0.2, 0.25) is 0 Å². The fourth-order valence-corrected chi connectivity index (χ4v) is 3.61. The fourth-order valence-electron chi connectivity index (χ4n) is 3.61. The van der Waals surface area contributed by atoms with Crippen molar-refractivity contribution < 1.29 is 9.53 Å². The minimum absolute atomic E-state index is 0. The molecule has 1 aromatic rings. The van der Waals surface area contributed by atoms with Crippen molar-refractivity contribution >= 4 is 18.3 Å². The third-order valence-corrected chi connectivity index (χ3v) is 5.25. The predicted octanol–water partition coefficient (Wildman–Crippen LogP) is 2.27. The van der Waals surface area contributed by atoms with Crippen LogP contribution in [0.25, 0.3) is 0 Å². The lowest BCUT2D eigenvalue weighted by Crippen LogP contribution is -2.56. The molecular weight excluding hydrogens is 312 g/mol. The van der Waals surface area contributed by atoms with Crippen LogP contribution < -0.4 is 10.6 Å². The molecule has 0 bridgehead atoms. The number of carbonyl (C=O) groups excluding carboxylic acids is 1. The van der Waals surface area contributed by atoms with Crippen LogP contribution in [-0.4, -0.2) is 38.3 Å². The Labute approximate surface area is 144 Å². The topological polar surface area (TPSA) is 50.4 Å². The second-order valence-corrected chi connectivity index (χ2v) is 6.61. The van der Waals surface area contributed by atoms with Gasteiger partial charge >= 0.3 is 0 Å². The highest BCUT2D eigenvalue weighted by atomic mass is 35.5. The molecule has 0 spiro atoms. The Bertz CT molecular complexity index is 503. The molecule has 2 atom stereocenters. The van der Waals surface area contributed by atoms with Gasteiger partial charge in [-0.15, -0.1) is 12.4 Å². The third kappa shape index (κ3) is 3.87. The van der Waals surface area contributed by atoms with Gasteiger partial charge in [0.2, 0.25) is 5.91 Å². The molecule has 1 aromatic carbocycles. The number of carbonyl (C=O) groups is 1. The number of benzene rings is 1. The summed E-state index contributed by atoms with van der Waals surface area (Å²) in [7, 11) is 0. The number of halogens is 1. The second kappa shape index (κ2) is 8.13. The van der Waals surface area contributed by atoms with E-state index in [1.807, 2.05) is 18.2 Å². The maximum Gasteiger partial charge on any atom is 0.231 e. The number of amides is 1. The highest BCUT2D eigenvalue weighted by Gasteiger charge is 2.42. The van der Waals surface area contributed by atoms with Gasteiger partial charge in [0.15, 0.2) is 0 Å². The van der Waals surface area contributed by atoms with Crippen molar-refractivity contribution in [1.82, 2.24) is 10.6 Å². The summed E-state index contributed by atoms with van der Waals surface area (Å²) in [5.41, 5.74) is 0.684. The Balaban J connectivity index is 0.00000192. The van der Waals surface area contributed by atoms with Gasteiger partial charge in [-0.2, -0.15) is 0 Å². The molecule has 1 amide bonds. The van der Waals surface area contributed by atoms with Crippen LogP contribution in [0.3, 0.4) is 0 Å². The molecule has 0 saturated carbocycles. The van der Waals surface area contributed by atoms with Crippen molar-refractivity contribution in [1.29, 1.82) is 0 Å². The number of piperidine rings is 1. The summed E-state index contributed by atoms with van der Waals surface area (Å²) in [6.45, 7) is 5.45. The SMILES string of the molecule is CC1CCNCC1NC(=O)C1(c2ccccc2)CCOCC1.Cl. The molecule has 2 heterocycles. The lowest BCUT2D eigenvalue weighted by molar-refractivity contribution is -0.131. The van der Waals surface area contributed by atoms with Gasteiger partial charge in [0.25, 0.3) is 0 Å². The van der Waals surface area contributed by atoms with Crippen molar-refractivity contribution in [3.63, 3.8) is 0 Å². The molecule has 2 aliphatic heterocycles. The zero-order chi connectivity index (χ0) is 15.4. The van der Waals surface area contributed by atoms with Crippen molar-refractivity contribution in [3.05, 3.63) is 35.9 Å². The van der Waals surface area contributed by atoms with Crippen molar-refractivity contribution in [2.75, 3.05) is 26.3 Å². The van der Waals surface area contributed by atoms with Gasteiger partial charge in [-0.05, 0) is 37.3 Å². The Morgan fingerprint density at radius 2 is 1.96 bits per heavy atom. The Morgan fingerprint density at radius 3 is 2.61 bits per heavy atom. The van der Waals surface area contributed by atoms with Gasteiger partial charge in [-0.1, -0.05) is 37.3 Å². The minimum Gasteiger partial charge on any atom is -0.381 e. The van der Waals surface area contributed by atoms with Crippen LogP contribution in [0.5, 0.6) is 0 Å². The van der Waals surface area contributed by atoms with E-state index in [4.69, 9.17) is 4.74 Å². The summed E-state index contributed by atoms with van der Waals surface area (Å²) >= 11 is 0. The molecule has 0 radical (unpaired) electrons. The van der Waals surface area contributed by atoms with E-state index in [2.05, 4.69) is 29.7 Å². The molecule has 4 nitrogen and oxygen atoms in total. The molecule has 0 aromatic heterocycles. The average Bonchev–Trinajstić information content (AvgIpc) is 2.58. The first-order chi connectivity index (χ1) is 10.7. The Morgan fingerprint density at radius 1 is 1.26 bits per heavy atom. The Kier molecular flexibility index (Phi) is 6.45. The van der Waals surface area contributed by atoms with Crippen LogP contribution in [0, 0.1) is 5.92 Å². The molecule has 128 valence electrons. The zero-order valence-corrected chi connectivity index (χ0v) is 14.5. The number of hydrogen-bond acceptors (Lipinski definition) is 3. The fraction of sp³-hybridized carbons (Fsp3) is 0.611. The molecule has 23 heavy (non-hydrogen) atoms. The second-order valence-electron chi connectivity index (χ2n) is 6.61. The van der Waals surface area contributed by atoms with E-state index in [0.717, 1.165) is 37.9 Å². The normalized spacial score (nSPS) is 26.8. The lowest BCUT2D eigenvalue weighted by Gasteiger charge is -2.39. The van der Waals surface area contributed by atoms with E-state index < -0.39 is 5.41 Å². The maximum absolute atomic E-state index is 13.1. The van der Waals surface area contributed by atoms with Crippen molar-refractivity contribution in [2.24, 2.45) is 5.92 Å². The molecule has 2 saturated heterocycles. The van der Waals surface area contributed by atoms with Crippen molar-refractivity contribution in [3.8, 4) is 0 Å². The summed E-state index contributed by atoms with van der Waals surface area (Å²) in [4.78, 5) is 13.1. The van der Waals surface area contributed by atoms with Crippen LogP contribution >= 0.6 is 12.4 Å². The van der Waals surface area contributed by atoms with Crippen LogP contribution in [0.4, 0.5) is 0 Å². The quantitative estimate of drug-likeness (QED) is 0.889. The third-order valence-electron chi connectivity index (χ3n) is 5.25. The Hall–Kier alpha value is -1.10. The lowest BCUT2D eigenvalue weighted by atomic mass is 9.73. The van der Waals surface area contributed by atoms with E-state index in [1.165, 1.54) is 0 Å². The summed E-state index contributed by atoms with van der Waals surface area (Å²) in [5, 5.41) is 6.71. The molecule has 2 N–H and O–H groups in total. The van der Waals surface area contributed by atoms with Crippen LogP contribution in [-0.2, 0) is 14.9 Å². The summed E-state index contributed by atoms with van der Waals surface area (Å²) in [5.74, 6) is 0.695. The van der Waals surface area contributed by atoms with E-state index in [0.29, 0.717) is 19.1 Å². The number of hydrogen-bond donors (Lipinski definition) is 2. The van der Waals surface area contributed by atoms with Gasteiger partial charge in [0.05, 0.1) is 5.41 Å². The van der Waals surface area contributed by atoms with E-state index >= 15 is 0 Å². The van der Waals surface area contributed by atoms with Gasteiger partial charge in [-0.3, -0.25) is 4.79 Å². The minimum atomic E-state index is -0.434. The first kappa shape index (κ1) is 18.2. The smallest absolute Gasteiger partial charge is 0.231 e. The molecule has 3 rings (SSSR count). The zero-order valence-electron chi connectivity index (χ0n) is 13.7. The molecular formula is C18H27ClN2O2. The number of ether oxygens (including phenoxy) is 1. The highest BCUT2D eigenvalue weighted by molar-refractivity contribution is 5.88. The summed E-state index contributed by atoms with van der Waals surface area (Å²) in [6.07, 6.45) is 2.64. The molecule has 0 aliphatic carbocycles. The maximum atomic E-state index is 13.1. The van der Waals surface area contributed by atoms with E-state index in [9.17, 15) is 4.79 Å². The number of nitrogens with one attached hydrogen (secondary N) is 2. The number of rotatable bonds is 3. The highest BCUT2D eigenvalue weighted by Crippen LogP contribution is 2.35. The summed E-state index contributed by atoms with van der Waals surface area (Å²) in [6, 6.07) is 10.4. The largest absolute Gasteiger partial charge is 0.381 e. The average molecular weight is 339 g/mol. The first-order valence-electron chi connectivity index (χ1n) is 8.37.